The van der Waals surface area contributed by atoms with E-state index >= 15 is 0 Å². The number of hydrogen-bond donors (Lipinski definition) is 1. The number of aryl methyl sites for hydroxylation is 1. The minimum atomic E-state index is -0.423. The molecule has 6 heteroatoms. The van der Waals surface area contributed by atoms with Crippen molar-refractivity contribution in [2.45, 2.75) is 20.5 Å². The molecular formula is C15H17N3O3. The molecule has 0 aliphatic carbocycles. The summed E-state index contributed by atoms with van der Waals surface area (Å²) in [4.78, 5) is 15.0. The average Bonchev–Trinajstić information content (AvgIpc) is 2.45. The van der Waals surface area contributed by atoms with Crippen LogP contribution in [0.4, 0.5) is 11.5 Å². The molecule has 0 aliphatic rings. The average molecular weight is 287 g/mol. The van der Waals surface area contributed by atoms with Crippen molar-refractivity contribution in [3.05, 3.63) is 57.8 Å². The van der Waals surface area contributed by atoms with E-state index in [1.165, 1.54) is 0 Å². The predicted molar refractivity (Wildman–Crippen MR) is 80.6 cm³/mol. The van der Waals surface area contributed by atoms with E-state index < -0.39 is 4.92 Å². The van der Waals surface area contributed by atoms with Crippen LogP contribution in [-0.4, -0.2) is 16.5 Å². The molecule has 0 unspecified atom stereocenters. The van der Waals surface area contributed by atoms with Crippen molar-refractivity contribution in [3.63, 3.8) is 0 Å². The van der Waals surface area contributed by atoms with Gasteiger partial charge in [-0.25, -0.2) is 4.98 Å². The number of benzene rings is 1. The number of nitrogens with one attached hydrogen (secondary N) is 1. The number of aromatic nitrogens is 1. The topological polar surface area (TPSA) is 77.3 Å². The van der Waals surface area contributed by atoms with Crippen molar-refractivity contribution in [2.24, 2.45) is 0 Å². The molecule has 0 radical (unpaired) electrons. The van der Waals surface area contributed by atoms with Crippen LogP contribution in [-0.2, 0) is 6.61 Å². The Morgan fingerprint density at radius 2 is 2.05 bits per heavy atom. The molecule has 2 aromatic rings. The molecule has 110 valence electrons. The quantitative estimate of drug-likeness (QED) is 0.651. The van der Waals surface area contributed by atoms with Crippen LogP contribution in [0.2, 0.25) is 0 Å². The number of nitro groups is 1. The van der Waals surface area contributed by atoms with Crippen molar-refractivity contribution in [1.29, 1.82) is 0 Å². The van der Waals surface area contributed by atoms with E-state index in [9.17, 15) is 10.1 Å². The molecule has 1 aromatic carbocycles. The first-order valence-electron chi connectivity index (χ1n) is 6.68. The Balaban J connectivity index is 2.15. The zero-order valence-electron chi connectivity index (χ0n) is 12.0. The van der Waals surface area contributed by atoms with Gasteiger partial charge in [0.05, 0.1) is 10.6 Å². The summed E-state index contributed by atoms with van der Waals surface area (Å²) < 4.78 is 5.57. The first-order valence-corrected chi connectivity index (χ1v) is 6.68. The van der Waals surface area contributed by atoms with Gasteiger partial charge in [0.15, 0.2) is 5.75 Å². The zero-order chi connectivity index (χ0) is 15.2. The summed E-state index contributed by atoms with van der Waals surface area (Å²) in [7, 11) is 0. The maximum atomic E-state index is 11.1. The van der Waals surface area contributed by atoms with Crippen molar-refractivity contribution in [1.82, 2.24) is 4.98 Å². The van der Waals surface area contributed by atoms with E-state index in [0.717, 1.165) is 12.4 Å². The molecule has 0 spiro atoms. The third-order valence-electron chi connectivity index (χ3n) is 2.92. The number of pyridine rings is 1. The highest BCUT2D eigenvalue weighted by Crippen LogP contribution is 2.30. The number of para-hydroxylation sites is 1. The number of nitro benzene ring substituents is 1. The van der Waals surface area contributed by atoms with Gasteiger partial charge in [0.25, 0.3) is 0 Å². The maximum absolute atomic E-state index is 11.1. The van der Waals surface area contributed by atoms with Gasteiger partial charge in [0, 0.05) is 12.1 Å². The van der Waals surface area contributed by atoms with Gasteiger partial charge in [-0.1, -0.05) is 18.2 Å². The van der Waals surface area contributed by atoms with Gasteiger partial charge < -0.3 is 10.1 Å². The number of rotatable bonds is 6. The molecule has 0 saturated heterocycles. The molecule has 0 aliphatic heterocycles. The highest BCUT2D eigenvalue weighted by Gasteiger charge is 2.18. The normalized spacial score (nSPS) is 10.2. The maximum Gasteiger partial charge on any atom is 0.313 e. The van der Waals surface area contributed by atoms with E-state index in [2.05, 4.69) is 10.3 Å². The smallest absolute Gasteiger partial charge is 0.313 e. The highest BCUT2D eigenvalue weighted by atomic mass is 16.6. The van der Waals surface area contributed by atoms with Gasteiger partial charge in [-0.2, -0.15) is 0 Å². The summed E-state index contributed by atoms with van der Waals surface area (Å²) in [6.07, 6.45) is 0. The van der Waals surface area contributed by atoms with Crippen LogP contribution in [0, 0.1) is 17.0 Å². The summed E-state index contributed by atoms with van der Waals surface area (Å²) in [6, 6.07) is 10.6. The summed E-state index contributed by atoms with van der Waals surface area (Å²) >= 11 is 0. The lowest BCUT2D eigenvalue weighted by Gasteiger charge is -2.09. The standard InChI is InChI=1S/C15H17N3O3/c1-3-16-14-9-5-7-12(17-14)10-21-13-8-4-6-11(2)15(13)18(19)20/h4-9H,3,10H2,1-2H3,(H,16,17). The summed E-state index contributed by atoms with van der Waals surface area (Å²) in [5.41, 5.74) is 1.29. The van der Waals surface area contributed by atoms with Crippen molar-refractivity contribution in [3.8, 4) is 5.75 Å². The SMILES string of the molecule is CCNc1cccc(COc2cccc(C)c2[N+](=O)[O-])n1. The fourth-order valence-corrected chi connectivity index (χ4v) is 1.97. The molecular weight excluding hydrogens is 270 g/mol. The van der Waals surface area contributed by atoms with Crippen LogP contribution in [0.3, 0.4) is 0 Å². The third kappa shape index (κ3) is 3.68. The van der Waals surface area contributed by atoms with Gasteiger partial charge in [0.2, 0.25) is 0 Å². The van der Waals surface area contributed by atoms with Crippen molar-refractivity contribution >= 4 is 11.5 Å². The van der Waals surface area contributed by atoms with Crippen LogP contribution in [0.5, 0.6) is 5.75 Å². The predicted octanol–water partition coefficient (Wildman–Crippen LogP) is 3.31. The second kappa shape index (κ2) is 6.69. The Morgan fingerprint density at radius 3 is 2.76 bits per heavy atom. The summed E-state index contributed by atoms with van der Waals surface area (Å²) in [6.45, 7) is 4.64. The molecule has 0 amide bonds. The lowest BCUT2D eigenvalue weighted by Crippen LogP contribution is -2.04. The lowest BCUT2D eigenvalue weighted by atomic mass is 10.2. The molecule has 21 heavy (non-hydrogen) atoms. The molecule has 1 N–H and O–H groups in total. The fourth-order valence-electron chi connectivity index (χ4n) is 1.97. The summed E-state index contributed by atoms with van der Waals surface area (Å²) in [5.74, 6) is 1.02. The Bertz CT molecular complexity index is 644. The minimum Gasteiger partial charge on any atom is -0.480 e. The molecule has 1 heterocycles. The molecule has 0 atom stereocenters. The lowest BCUT2D eigenvalue weighted by molar-refractivity contribution is -0.386. The van der Waals surface area contributed by atoms with Gasteiger partial charge >= 0.3 is 5.69 Å². The molecule has 2 rings (SSSR count). The largest absolute Gasteiger partial charge is 0.480 e. The molecule has 0 fully saturated rings. The molecule has 1 aromatic heterocycles. The number of nitrogens with zero attached hydrogens (tertiary/aromatic N) is 2. The second-order valence-corrected chi connectivity index (χ2v) is 4.51. The van der Waals surface area contributed by atoms with Crippen LogP contribution in [0.25, 0.3) is 0 Å². The first-order chi connectivity index (χ1) is 10.1. The number of anilines is 1. The number of hydrogen-bond acceptors (Lipinski definition) is 5. The van der Waals surface area contributed by atoms with Crippen molar-refractivity contribution < 1.29 is 9.66 Å². The van der Waals surface area contributed by atoms with Gasteiger partial charge in [-0.15, -0.1) is 0 Å². The van der Waals surface area contributed by atoms with Crippen LogP contribution in [0.1, 0.15) is 18.2 Å². The van der Waals surface area contributed by atoms with Gasteiger partial charge in [-0.3, -0.25) is 10.1 Å². The molecule has 0 bridgehead atoms. The van der Waals surface area contributed by atoms with Crippen LogP contribution < -0.4 is 10.1 Å². The van der Waals surface area contributed by atoms with Gasteiger partial charge in [-0.05, 0) is 32.0 Å². The number of ether oxygens (including phenoxy) is 1. The fraction of sp³-hybridized carbons (Fsp3) is 0.267. The molecule has 6 nitrogen and oxygen atoms in total. The first kappa shape index (κ1) is 14.8. The molecule has 0 saturated carbocycles. The van der Waals surface area contributed by atoms with E-state index in [-0.39, 0.29) is 18.0 Å². The Hall–Kier alpha value is -2.63. The van der Waals surface area contributed by atoms with Crippen LogP contribution in [0.15, 0.2) is 36.4 Å². The van der Waals surface area contributed by atoms with Crippen LogP contribution >= 0.6 is 0 Å². The zero-order valence-corrected chi connectivity index (χ0v) is 12.0. The van der Waals surface area contributed by atoms with E-state index in [1.54, 1.807) is 25.1 Å². The van der Waals surface area contributed by atoms with E-state index in [4.69, 9.17) is 4.74 Å². The highest BCUT2D eigenvalue weighted by molar-refractivity contribution is 5.52. The van der Waals surface area contributed by atoms with Gasteiger partial charge in [0.1, 0.15) is 12.4 Å². The minimum absolute atomic E-state index is 0.000313. The Morgan fingerprint density at radius 1 is 1.29 bits per heavy atom. The third-order valence-corrected chi connectivity index (χ3v) is 2.92. The monoisotopic (exact) mass is 287 g/mol. The second-order valence-electron chi connectivity index (χ2n) is 4.51. The summed E-state index contributed by atoms with van der Waals surface area (Å²) in [5, 5.41) is 14.2. The Labute approximate surface area is 122 Å². The van der Waals surface area contributed by atoms with Crippen molar-refractivity contribution in [2.75, 3.05) is 11.9 Å². The van der Waals surface area contributed by atoms with E-state index in [0.29, 0.717) is 11.3 Å². The Kier molecular flexibility index (Phi) is 4.71. The van der Waals surface area contributed by atoms with E-state index in [1.807, 2.05) is 25.1 Å².